The van der Waals surface area contributed by atoms with Crippen molar-refractivity contribution < 1.29 is 40.4 Å². The average molecular weight is 486 g/mol. The molecular weight excluding hydrogens is 474 g/mol. The first kappa shape index (κ1) is 24.3. The minimum atomic E-state index is -4.88. The second-order valence-corrected chi connectivity index (χ2v) is 8.32. The van der Waals surface area contributed by atoms with E-state index in [-0.39, 0.29) is 6.07 Å². The normalized spacial score (nSPS) is 12.0. The molecule has 0 radical (unpaired) electrons. The molecule has 0 bridgehead atoms. The van der Waals surface area contributed by atoms with E-state index in [4.69, 9.17) is 16.3 Å². The van der Waals surface area contributed by atoms with Crippen LogP contribution < -0.4 is 9.46 Å². The molecule has 0 aliphatic rings. The minimum Gasteiger partial charge on any atom is -0.453 e. The Balaban J connectivity index is 2.48. The fourth-order valence-electron chi connectivity index (χ4n) is 2.12. The average Bonchev–Trinajstić information content (AvgIpc) is 2.62. The molecule has 0 aliphatic heterocycles. The van der Waals surface area contributed by atoms with E-state index in [1.165, 1.54) is 0 Å². The van der Waals surface area contributed by atoms with Crippen molar-refractivity contribution in [2.45, 2.75) is 6.18 Å². The molecule has 31 heavy (non-hydrogen) atoms. The predicted octanol–water partition coefficient (Wildman–Crippen LogP) is 3.73. The topological polar surface area (TPSA) is 119 Å². The standard InChI is InChI=1S/C16H12ClF4N3O6S/c1-23(2)31(28,29)22-15(25)10-7-9(3-4-13(10)24(26)27)30-14-11(17)5-8(6-12(14)18)16(19,20)21/h3-7H,1-2H3,(H,22,25). The van der Waals surface area contributed by atoms with Gasteiger partial charge in [-0.3, -0.25) is 14.9 Å². The Kier molecular flexibility index (Phi) is 6.78. The van der Waals surface area contributed by atoms with Crippen LogP contribution in [0.5, 0.6) is 11.5 Å². The van der Waals surface area contributed by atoms with Crippen LogP contribution in [0.3, 0.4) is 0 Å². The second kappa shape index (κ2) is 8.64. The Morgan fingerprint density at radius 1 is 1.23 bits per heavy atom. The van der Waals surface area contributed by atoms with Gasteiger partial charge in [0.2, 0.25) is 0 Å². The van der Waals surface area contributed by atoms with Gasteiger partial charge in [-0.1, -0.05) is 11.6 Å². The van der Waals surface area contributed by atoms with Crippen molar-refractivity contribution in [1.29, 1.82) is 0 Å². The number of ether oxygens (including phenoxy) is 1. The Bertz CT molecular complexity index is 1130. The summed E-state index contributed by atoms with van der Waals surface area (Å²) in [6.45, 7) is 0. The highest BCUT2D eigenvalue weighted by atomic mass is 35.5. The van der Waals surface area contributed by atoms with Crippen molar-refractivity contribution in [3.8, 4) is 11.5 Å². The van der Waals surface area contributed by atoms with Crippen molar-refractivity contribution in [1.82, 2.24) is 9.03 Å². The van der Waals surface area contributed by atoms with Crippen LogP contribution in [0.2, 0.25) is 5.02 Å². The Hall–Kier alpha value is -2.97. The van der Waals surface area contributed by atoms with Gasteiger partial charge in [0.1, 0.15) is 11.3 Å². The molecule has 0 atom stereocenters. The number of hydrogen-bond donors (Lipinski definition) is 1. The second-order valence-electron chi connectivity index (χ2n) is 6.02. The van der Waals surface area contributed by atoms with Gasteiger partial charge in [-0.15, -0.1) is 0 Å². The quantitative estimate of drug-likeness (QED) is 0.378. The van der Waals surface area contributed by atoms with Gasteiger partial charge in [0.25, 0.3) is 11.6 Å². The lowest BCUT2D eigenvalue weighted by atomic mass is 10.1. The van der Waals surface area contributed by atoms with Crippen molar-refractivity contribution in [3.05, 3.63) is 62.4 Å². The summed E-state index contributed by atoms with van der Waals surface area (Å²) in [4.78, 5) is 22.5. The van der Waals surface area contributed by atoms with Crippen molar-refractivity contribution in [2.75, 3.05) is 14.1 Å². The molecule has 0 saturated carbocycles. The molecule has 0 aliphatic carbocycles. The lowest BCUT2D eigenvalue weighted by Crippen LogP contribution is -2.39. The fourth-order valence-corrected chi connectivity index (χ4v) is 2.90. The first-order valence-electron chi connectivity index (χ1n) is 7.90. The molecule has 9 nitrogen and oxygen atoms in total. The number of halogens is 5. The highest BCUT2D eigenvalue weighted by Crippen LogP contribution is 2.39. The zero-order chi connectivity index (χ0) is 23.7. The summed E-state index contributed by atoms with van der Waals surface area (Å²) >= 11 is 5.66. The number of nitrogens with one attached hydrogen (secondary N) is 1. The molecule has 1 N–H and O–H groups in total. The zero-order valence-electron chi connectivity index (χ0n) is 15.5. The third-order valence-corrected chi connectivity index (χ3v) is 5.34. The van der Waals surface area contributed by atoms with Gasteiger partial charge < -0.3 is 4.74 Å². The first-order chi connectivity index (χ1) is 14.1. The Morgan fingerprint density at radius 2 is 1.84 bits per heavy atom. The number of carbonyl (C=O) groups is 1. The fraction of sp³-hybridized carbons (Fsp3) is 0.188. The van der Waals surface area contributed by atoms with Crippen LogP contribution in [0.4, 0.5) is 23.2 Å². The number of nitro groups is 1. The van der Waals surface area contributed by atoms with E-state index >= 15 is 0 Å². The molecule has 0 aromatic heterocycles. The van der Waals surface area contributed by atoms with Crippen LogP contribution in [0, 0.1) is 15.9 Å². The first-order valence-corrected chi connectivity index (χ1v) is 9.72. The maximum Gasteiger partial charge on any atom is 0.416 e. The number of alkyl halides is 3. The zero-order valence-corrected chi connectivity index (χ0v) is 17.1. The molecule has 0 saturated heterocycles. The number of rotatable bonds is 6. The van der Waals surface area contributed by atoms with E-state index in [0.717, 1.165) is 26.2 Å². The largest absolute Gasteiger partial charge is 0.453 e. The van der Waals surface area contributed by atoms with Gasteiger partial charge >= 0.3 is 16.4 Å². The van der Waals surface area contributed by atoms with Crippen LogP contribution in [-0.4, -0.2) is 37.6 Å². The van der Waals surface area contributed by atoms with Gasteiger partial charge in [0.05, 0.1) is 15.5 Å². The van der Waals surface area contributed by atoms with Crippen LogP contribution in [0.1, 0.15) is 15.9 Å². The lowest BCUT2D eigenvalue weighted by molar-refractivity contribution is -0.385. The predicted molar refractivity (Wildman–Crippen MR) is 99.7 cm³/mol. The number of amides is 1. The van der Waals surface area contributed by atoms with Gasteiger partial charge in [0.15, 0.2) is 11.6 Å². The summed E-state index contributed by atoms with van der Waals surface area (Å²) < 4.78 is 83.2. The van der Waals surface area contributed by atoms with Crippen molar-refractivity contribution in [2.24, 2.45) is 0 Å². The molecule has 2 rings (SSSR count). The van der Waals surface area contributed by atoms with E-state index in [1.807, 2.05) is 0 Å². The monoisotopic (exact) mass is 485 g/mol. The summed E-state index contributed by atoms with van der Waals surface area (Å²) in [6.07, 6.45) is -4.88. The molecule has 2 aromatic rings. The van der Waals surface area contributed by atoms with Crippen LogP contribution >= 0.6 is 11.6 Å². The Labute approximate surface area is 177 Å². The summed E-state index contributed by atoms with van der Waals surface area (Å²) in [5.74, 6) is -4.15. The Morgan fingerprint density at radius 3 is 2.32 bits per heavy atom. The van der Waals surface area contributed by atoms with E-state index in [1.54, 1.807) is 4.72 Å². The highest BCUT2D eigenvalue weighted by Gasteiger charge is 2.33. The maximum absolute atomic E-state index is 14.1. The van der Waals surface area contributed by atoms with Crippen molar-refractivity contribution >= 4 is 33.4 Å². The SMILES string of the molecule is CN(C)S(=O)(=O)NC(=O)c1cc(Oc2c(F)cc(C(F)(F)F)cc2Cl)ccc1[N+](=O)[O-]. The van der Waals surface area contributed by atoms with Gasteiger partial charge in [-0.25, -0.2) is 9.11 Å². The number of carbonyl (C=O) groups excluding carboxylic acids is 1. The number of hydrogen-bond acceptors (Lipinski definition) is 6. The van der Waals surface area contributed by atoms with E-state index < -0.39 is 66.4 Å². The number of nitrogens with zero attached hydrogens (tertiary/aromatic N) is 2. The van der Waals surface area contributed by atoms with Crippen LogP contribution in [0.15, 0.2) is 30.3 Å². The van der Waals surface area contributed by atoms with E-state index in [2.05, 4.69) is 0 Å². The molecule has 168 valence electrons. The molecule has 1 amide bonds. The maximum atomic E-state index is 14.1. The smallest absolute Gasteiger partial charge is 0.416 e. The van der Waals surface area contributed by atoms with Gasteiger partial charge in [-0.2, -0.15) is 25.9 Å². The molecular formula is C16H12ClF4N3O6S. The number of nitro benzene ring substituents is 1. The molecule has 0 spiro atoms. The highest BCUT2D eigenvalue weighted by molar-refractivity contribution is 7.87. The van der Waals surface area contributed by atoms with Gasteiger partial charge in [-0.05, 0) is 18.2 Å². The third-order valence-electron chi connectivity index (χ3n) is 3.66. The molecule has 15 heteroatoms. The van der Waals surface area contributed by atoms with Crippen molar-refractivity contribution in [3.63, 3.8) is 0 Å². The number of benzene rings is 2. The molecule has 0 heterocycles. The molecule has 0 fully saturated rings. The summed E-state index contributed by atoms with van der Waals surface area (Å²) in [7, 11) is -2.12. The van der Waals surface area contributed by atoms with Crippen LogP contribution in [-0.2, 0) is 16.4 Å². The summed E-state index contributed by atoms with van der Waals surface area (Å²) in [5, 5.41) is 10.4. The molecule has 2 aromatic carbocycles. The van der Waals surface area contributed by atoms with Gasteiger partial charge in [0, 0.05) is 26.2 Å². The van der Waals surface area contributed by atoms with Crippen LogP contribution in [0.25, 0.3) is 0 Å². The minimum absolute atomic E-state index is 0.129. The summed E-state index contributed by atoms with van der Waals surface area (Å²) in [5.41, 5.74) is -2.95. The summed E-state index contributed by atoms with van der Waals surface area (Å²) in [6, 6.07) is 2.93. The van der Waals surface area contributed by atoms with E-state index in [0.29, 0.717) is 16.4 Å². The molecule has 0 unspecified atom stereocenters. The third kappa shape index (κ3) is 5.59. The lowest BCUT2D eigenvalue weighted by Gasteiger charge is -2.14. The van der Waals surface area contributed by atoms with E-state index in [9.17, 15) is 40.9 Å².